The van der Waals surface area contributed by atoms with E-state index in [9.17, 15) is 4.79 Å². The van der Waals surface area contributed by atoms with Gasteiger partial charge in [-0.15, -0.1) is 21.5 Å². The molecule has 0 fully saturated rings. The summed E-state index contributed by atoms with van der Waals surface area (Å²) in [6.45, 7) is 5.23. The van der Waals surface area contributed by atoms with Crippen LogP contribution in [0.5, 0.6) is 5.75 Å². The maximum atomic E-state index is 12.5. The van der Waals surface area contributed by atoms with E-state index in [1.165, 1.54) is 23.1 Å². The molecular formula is C23H23N5O2S2. The summed E-state index contributed by atoms with van der Waals surface area (Å²) < 4.78 is 7.73. The van der Waals surface area contributed by atoms with Crippen molar-refractivity contribution >= 4 is 34.1 Å². The molecule has 0 aliphatic heterocycles. The Labute approximate surface area is 194 Å². The Bertz CT molecular complexity index is 1190. The highest BCUT2D eigenvalue weighted by Crippen LogP contribution is 2.31. The number of ether oxygens (including phenoxy) is 1. The first-order valence-electron chi connectivity index (χ1n) is 10.3. The largest absolute Gasteiger partial charge is 0.493 e. The smallest absolute Gasteiger partial charge is 0.236 e. The number of anilines is 1. The fourth-order valence-corrected chi connectivity index (χ4v) is 4.71. The van der Waals surface area contributed by atoms with Crippen LogP contribution < -0.4 is 10.1 Å². The van der Waals surface area contributed by atoms with E-state index in [1.807, 2.05) is 78.4 Å². The van der Waals surface area contributed by atoms with Crippen molar-refractivity contribution in [3.05, 3.63) is 60.0 Å². The van der Waals surface area contributed by atoms with Gasteiger partial charge in [0, 0.05) is 17.5 Å². The second kappa shape index (κ2) is 10.4. The highest BCUT2D eigenvalue weighted by molar-refractivity contribution is 7.99. The van der Waals surface area contributed by atoms with Crippen molar-refractivity contribution in [2.45, 2.75) is 25.5 Å². The minimum atomic E-state index is -0.133. The van der Waals surface area contributed by atoms with Crippen LogP contribution in [0, 0.1) is 0 Å². The molecule has 9 heteroatoms. The van der Waals surface area contributed by atoms with Crippen LogP contribution in [0.3, 0.4) is 0 Å². The molecule has 4 rings (SSSR count). The Balaban J connectivity index is 1.42. The van der Waals surface area contributed by atoms with E-state index in [1.54, 1.807) is 0 Å². The molecule has 164 valence electrons. The normalized spacial score (nSPS) is 10.8. The summed E-state index contributed by atoms with van der Waals surface area (Å²) in [6, 6.07) is 17.7. The molecule has 0 saturated heterocycles. The maximum Gasteiger partial charge on any atom is 0.236 e. The van der Waals surface area contributed by atoms with Crippen LogP contribution in [0.4, 0.5) is 5.13 Å². The van der Waals surface area contributed by atoms with E-state index < -0.39 is 0 Å². The second-order valence-electron chi connectivity index (χ2n) is 6.72. The van der Waals surface area contributed by atoms with E-state index in [-0.39, 0.29) is 11.7 Å². The first-order chi connectivity index (χ1) is 15.7. The van der Waals surface area contributed by atoms with E-state index >= 15 is 0 Å². The summed E-state index contributed by atoms with van der Waals surface area (Å²) in [6.07, 6.45) is 0. The van der Waals surface area contributed by atoms with Crippen LogP contribution >= 0.6 is 23.1 Å². The zero-order chi connectivity index (χ0) is 22.3. The number of benzene rings is 2. The zero-order valence-electron chi connectivity index (χ0n) is 17.8. The van der Waals surface area contributed by atoms with Gasteiger partial charge in [-0.05, 0) is 26.0 Å². The van der Waals surface area contributed by atoms with Gasteiger partial charge in [-0.3, -0.25) is 4.79 Å². The average Bonchev–Trinajstić information content (AvgIpc) is 3.45. The molecule has 2 aromatic heterocycles. The molecule has 0 saturated carbocycles. The highest BCUT2D eigenvalue weighted by atomic mass is 32.2. The molecule has 0 aliphatic carbocycles. The van der Waals surface area contributed by atoms with E-state index in [0.717, 1.165) is 28.4 Å². The van der Waals surface area contributed by atoms with E-state index in [0.29, 0.717) is 23.4 Å². The lowest BCUT2D eigenvalue weighted by Crippen LogP contribution is -2.14. The molecule has 1 N–H and O–H groups in total. The molecule has 7 nitrogen and oxygen atoms in total. The SMILES string of the molecule is CCOc1ccccc1-c1nnc(SCC(=O)Nc2nc(-c3ccccc3)cs2)n1CC. The van der Waals surface area contributed by atoms with Crippen molar-refractivity contribution in [1.82, 2.24) is 19.7 Å². The summed E-state index contributed by atoms with van der Waals surface area (Å²) in [4.78, 5) is 17.0. The molecule has 4 aromatic rings. The highest BCUT2D eigenvalue weighted by Gasteiger charge is 2.18. The lowest BCUT2D eigenvalue weighted by molar-refractivity contribution is -0.113. The molecule has 0 bridgehead atoms. The molecule has 1 amide bonds. The third-order valence-electron chi connectivity index (χ3n) is 4.61. The molecule has 32 heavy (non-hydrogen) atoms. The molecule has 0 unspecified atom stereocenters. The summed E-state index contributed by atoms with van der Waals surface area (Å²) in [5.41, 5.74) is 2.76. The lowest BCUT2D eigenvalue weighted by Gasteiger charge is -2.11. The Morgan fingerprint density at radius 1 is 1.09 bits per heavy atom. The van der Waals surface area contributed by atoms with Crippen molar-refractivity contribution in [3.63, 3.8) is 0 Å². The van der Waals surface area contributed by atoms with E-state index in [2.05, 4.69) is 20.5 Å². The molecule has 0 atom stereocenters. The van der Waals surface area contributed by atoms with Crippen molar-refractivity contribution in [3.8, 4) is 28.4 Å². The summed E-state index contributed by atoms with van der Waals surface area (Å²) in [7, 11) is 0. The lowest BCUT2D eigenvalue weighted by atomic mass is 10.2. The van der Waals surface area contributed by atoms with Gasteiger partial charge in [-0.2, -0.15) is 0 Å². The standard InChI is InChI=1S/C23H23N5O2S2/c1-3-28-21(17-12-8-9-13-19(17)30-4-2)26-27-23(28)32-15-20(29)25-22-24-18(14-31-22)16-10-6-5-7-11-16/h5-14H,3-4,15H2,1-2H3,(H,24,25,29). The average molecular weight is 466 g/mol. The molecular weight excluding hydrogens is 442 g/mol. The number of nitrogens with one attached hydrogen (secondary N) is 1. The molecule has 0 aliphatic rings. The molecule has 0 radical (unpaired) electrons. The number of nitrogens with zero attached hydrogens (tertiary/aromatic N) is 4. The fourth-order valence-electron chi connectivity index (χ4n) is 3.17. The topological polar surface area (TPSA) is 81.9 Å². The van der Waals surface area contributed by atoms with Gasteiger partial charge in [-0.25, -0.2) is 4.98 Å². The summed E-state index contributed by atoms with van der Waals surface area (Å²) in [5, 5.41) is 14.8. The van der Waals surface area contributed by atoms with Gasteiger partial charge in [0.25, 0.3) is 0 Å². The van der Waals surface area contributed by atoms with Gasteiger partial charge in [-0.1, -0.05) is 54.2 Å². The van der Waals surface area contributed by atoms with Crippen molar-refractivity contribution < 1.29 is 9.53 Å². The van der Waals surface area contributed by atoms with Gasteiger partial charge >= 0.3 is 0 Å². The van der Waals surface area contributed by atoms with Gasteiger partial charge in [0.15, 0.2) is 16.1 Å². The fraction of sp³-hybridized carbons (Fsp3) is 0.217. The Hall–Kier alpha value is -3.17. The van der Waals surface area contributed by atoms with Gasteiger partial charge in [0.05, 0.1) is 23.6 Å². The van der Waals surface area contributed by atoms with Crippen LogP contribution in [0.1, 0.15) is 13.8 Å². The number of carbonyl (C=O) groups excluding carboxylic acids is 1. The monoisotopic (exact) mass is 465 g/mol. The molecule has 0 spiro atoms. The number of thioether (sulfide) groups is 1. The minimum Gasteiger partial charge on any atom is -0.493 e. The number of hydrogen-bond donors (Lipinski definition) is 1. The number of amides is 1. The Morgan fingerprint density at radius 2 is 1.88 bits per heavy atom. The van der Waals surface area contributed by atoms with Crippen LogP contribution in [0.15, 0.2) is 65.1 Å². The minimum absolute atomic E-state index is 0.133. The van der Waals surface area contributed by atoms with Gasteiger partial charge < -0.3 is 14.6 Å². The summed E-state index contributed by atoms with van der Waals surface area (Å²) >= 11 is 2.76. The predicted octanol–water partition coefficient (Wildman–Crippen LogP) is 5.22. The first-order valence-corrected chi connectivity index (χ1v) is 12.1. The number of rotatable bonds is 9. The molecule has 2 aromatic carbocycles. The first kappa shape index (κ1) is 22.0. The maximum absolute atomic E-state index is 12.5. The Kier molecular flexibility index (Phi) is 7.18. The number of carbonyl (C=O) groups is 1. The predicted molar refractivity (Wildman–Crippen MR) is 129 cm³/mol. The Morgan fingerprint density at radius 3 is 2.66 bits per heavy atom. The van der Waals surface area contributed by atoms with Crippen LogP contribution in [-0.2, 0) is 11.3 Å². The van der Waals surface area contributed by atoms with Crippen LogP contribution in [0.2, 0.25) is 0 Å². The van der Waals surface area contributed by atoms with Crippen LogP contribution in [0.25, 0.3) is 22.6 Å². The number of aromatic nitrogens is 4. The molecule has 2 heterocycles. The van der Waals surface area contributed by atoms with Crippen LogP contribution in [-0.4, -0.2) is 38.0 Å². The van der Waals surface area contributed by atoms with Crippen molar-refractivity contribution in [2.24, 2.45) is 0 Å². The van der Waals surface area contributed by atoms with Crippen molar-refractivity contribution in [2.75, 3.05) is 17.7 Å². The van der Waals surface area contributed by atoms with Gasteiger partial charge in [0.2, 0.25) is 5.91 Å². The third-order valence-corrected chi connectivity index (χ3v) is 6.34. The zero-order valence-corrected chi connectivity index (χ0v) is 19.4. The number of hydrogen-bond acceptors (Lipinski definition) is 7. The third kappa shape index (κ3) is 5.00. The van der Waals surface area contributed by atoms with Crippen molar-refractivity contribution in [1.29, 1.82) is 0 Å². The number of thiazole rings is 1. The second-order valence-corrected chi connectivity index (χ2v) is 8.52. The van der Waals surface area contributed by atoms with E-state index in [4.69, 9.17) is 4.74 Å². The summed E-state index contributed by atoms with van der Waals surface area (Å²) in [5.74, 6) is 1.58. The quantitative estimate of drug-likeness (QED) is 0.341. The van der Waals surface area contributed by atoms with Gasteiger partial charge in [0.1, 0.15) is 5.75 Å². The number of para-hydroxylation sites is 1.